The van der Waals surface area contributed by atoms with Gasteiger partial charge in [-0.05, 0) is 18.6 Å². The zero-order valence-electron chi connectivity index (χ0n) is 11.1. The number of hydrogen-bond donors (Lipinski definition) is 1. The van der Waals surface area contributed by atoms with E-state index >= 15 is 0 Å². The number of morpholine rings is 1. The second-order valence-electron chi connectivity index (χ2n) is 4.60. The molecular formula is C13H16N2O5. The summed E-state index contributed by atoms with van der Waals surface area (Å²) in [6, 6.07) is 4.08. The normalized spacial score (nSPS) is 18.9. The minimum absolute atomic E-state index is 0.0677. The highest BCUT2D eigenvalue weighted by molar-refractivity contribution is 5.89. The molecule has 1 aliphatic heterocycles. The van der Waals surface area contributed by atoms with Gasteiger partial charge in [0.2, 0.25) is 0 Å². The standard InChI is InChI=1S/C13H16N2O5/c1-2-10-8-20-6-5-14(10)11-4-3-9(13(16)17)7-12(11)15(18)19/h3-4,7,10H,2,5-6,8H2,1H3,(H,16,17). The van der Waals surface area contributed by atoms with Crippen LogP contribution in [0, 0.1) is 10.1 Å². The van der Waals surface area contributed by atoms with Gasteiger partial charge in [0.15, 0.2) is 0 Å². The Morgan fingerprint density at radius 3 is 2.95 bits per heavy atom. The van der Waals surface area contributed by atoms with Crippen LogP contribution in [0.2, 0.25) is 0 Å². The number of nitro groups is 1. The van der Waals surface area contributed by atoms with E-state index in [4.69, 9.17) is 9.84 Å². The number of benzene rings is 1. The van der Waals surface area contributed by atoms with Gasteiger partial charge in [0.1, 0.15) is 5.69 Å². The number of ether oxygens (including phenoxy) is 1. The second-order valence-corrected chi connectivity index (χ2v) is 4.60. The van der Waals surface area contributed by atoms with E-state index in [2.05, 4.69) is 0 Å². The van der Waals surface area contributed by atoms with Crippen molar-refractivity contribution in [2.45, 2.75) is 19.4 Å². The van der Waals surface area contributed by atoms with Crippen LogP contribution in [0.25, 0.3) is 0 Å². The molecule has 0 spiro atoms. The molecule has 0 bridgehead atoms. The van der Waals surface area contributed by atoms with E-state index in [1.54, 1.807) is 0 Å². The number of rotatable bonds is 4. The first-order valence-electron chi connectivity index (χ1n) is 6.40. The fourth-order valence-corrected chi connectivity index (χ4v) is 2.36. The van der Waals surface area contributed by atoms with Crippen molar-refractivity contribution >= 4 is 17.3 Å². The number of nitrogens with zero attached hydrogens (tertiary/aromatic N) is 2. The first-order chi connectivity index (χ1) is 9.54. The molecule has 1 N–H and O–H groups in total. The van der Waals surface area contributed by atoms with E-state index in [9.17, 15) is 14.9 Å². The summed E-state index contributed by atoms with van der Waals surface area (Å²) < 4.78 is 5.38. The molecule has 108 valence electrons. The smallest absolute Gasteiger partial charge is 0.335 e. The van der Waals surface area contributed by atoms with Gasteiger partial charge in [0.25, 0.3) is 5.69 Å². The summed E-state index contributed by atoms with van der Waals surface area (Å²) in [7, 11) is 0. The topological polar surface area (TPSA) is 92.9 Å². The first-order valence-corrected chi connectivity index (χ1v) is 6.40. The number of carboxylic acid groups (broad SMARTS) is 1. The Bertz CT molecular complexity index is 531. The van der Waals surface area contributed by atoms with Crippen molar-refractivity contribution in [3.8, 4) is 0 Å². The van der Waals surface area contributed by atoms with Crippen molar-refractivity contribution in [2.75, 3.05) is 24.7 Å². The summed E-state index contributed by atoms with van der Waals surface area (Å²) in [4.78, 5) is 23.5. The zero-order valence-corrected chi connectivity index (χ0v) is 11.1. The summed E-state index contributed by atoms with van der Waals surface area (Å²) in [6.07, 6.45) is 0.803. The first kappa shape index (κ1) is 14.3. The van der Waals surface area contributed by atoms with Gasteiger partial charge in [-0.2, -0.15) is 0 Å². The summed E-state index contributed by atoms with van der Waals surface area (Å²) in [5.74, 6) is -1.17. The van der Waals surface area contributed by atoms with Gasteiger partial charge in [-0.25, -0.2) is 4.79 Å². The van der Waals surface area contributed by atoms with Gasteiger partial charge >= 0.3 is 5.97 Å². The lowest BCUT2D eigenvalue weighted by molar-refractivity contribution is -0.384. The van der Waals surface area contributed by atoms with Crippen molar-refractivity contribution in [2.24, 2.45) is 0 Å². The Balaban J connectivity index is 2.44. The van der Waals surface area contributed by atoms with Crippen LogP contribution >= 0.6 is 0 Å². The molecule has 7 heteroatoms. The lowest BCUT2D eigenvalue weighted by Gasteiger charge is -2.36. The molecular weight excluding hydrogens is 264 g/mol. The molecule has 0 aromatic heterocycles. The highest BCUT2D eigenvalue weighted by Crippen LogP contribution is 2.32. The maximum Gasteiger partial charge on any atom is 0.335 e. The maximum atomic E-state index is 11.2. The van der Waals surface area contributed by atoms with Crippen LogP contribution in [0.15, 0.2) is 18.2 Å². The highest BCUT2D eigenvalue weighted by atomic mass is 16.6. The number of nitro benzene ring substituents is 1. The van der Waals surface area contributed by atoms with Gasteiger partial charge in [-0.1, -0.05) is 6.92 Å². The molecule has 0 amide bonds. The number of anilines is 1. The molecule has 20 heavy (non-hydrogen) atoms. The summed E-state index contributed by atoms with van der Waals surface area (Å²) in [5.41, 5.74) is 0.196. The average Bonchev–Trinajstić information content (AvgIpc) is 2.46. The lowest BCUT2D eigenvalue weighted by Crippen LogP contribution is -2.45. The molecule has 1 heterocycles. The van der Waals surface area contributed by atoms with Crippen LogP contribution in [0.5, 0.6) is 0 Å². The van der Waals surface area contributed by atoms with E-state index in [0.717, 1.165) is 12.5 Å². The number of carboxylic acids is 1. The molecule has 1 aromatic rings. The molecule has 7 nitrogen and oxygen atoms in total. The minimum Gasteiger partial charge on any atom is -0.478 e. The van der Waals surface area contributed by atoms with Crippen molar-refractivity contribution in [3.63, 3.8) is 0 Å². The van der Waals surface area contributed by atoms with Gasteiger partial charge in [0.05, 0.1) is 29.7 Å². The second kappa shape index (κ2) is 5.87. The molecule has 1 saturated heterocycles. The van der Waals surface area contributed by atoms with Crippen LogP contribution in [-0.4, -0.2) is 41.8 Å². The van der Waals surface area contributed by atoms with E-state index in [1.165, 1.54) is 12.1 Å². The Morgan fingerprint density at radius 2 is 2.35 bits per heavy atom. The number of carbonyl (C=O) groups is 1. The molecule has 1 fully saturated rings. The fraction of sp³-hybridized carbons (Fsp3) is 0.462. The van der Waals surface area contributed by atoms with E-state index in [0.29, 0.717) is 25.4 Å². The molecule has 0 radical (unpaired) electrons. The Kier molecular flexibility index (Phi) is 4.19. The van der Waals surface area contributed by atoms with Crippen molar-refractivity contribution in [3.05, 3.63) is 33.9 Å². The maximum absolute atomic E-state index is 11.2. The summed E-state index contributed by atoms with van der Waals surface area (Å²) in [6.45, 7) is 3.58. The van der Waals surface area contributed by atoms with Crippen LogP contribution in [-0.2, 0) is 4.74 Å². The van der Waals surface area contributed by atoms with E-state index in [-0.39, 0.29) is 17.3 Å². The van der Waals surface area contributed by atoms with Crippen molar-refractivity contribution in [1.29, 1.82) is 0 Å². The quantitative estimate of drug-likeness (QED) is 0.669. The molecule has 1 aromatic carbocycles. The Hall–Kier alpha value is -2.15. The predicted molar refractivity (Wildman–Crippen MR) is 72.3 cm³/mol. The Labute approximate surface area is 115 Å². The largest absolute Gasteiger partial charge is 0.478 e. The van der Waals surface area contributed by atoms with Gasteiger partial charge < -0.3 is 14.7 Å². The fourth-order valence-electron chi connectivity index (χ4n) is 2.36. The average molecular weight is 280 g/mol. The molecule has 1 aliphatic rings. The third-order valence-corrected chi connectivity index (χ3v) is 3.43. The van der Waals surface area contributed by atoms with Crippen molar-refractivity contribution in [1.82, 2.24) is 0 Å². The zero-order chi connectivity index (χ0) is 14.7. The van der Waals surface area contributed by atoms with Crippen LogP contribution in [0.3, 0.4) is 0 Å². The molecule has 0 saturated carbocycles. The van der Waals surface area contributed by atoms with Crippen LogP contribution in [0.1, 0.15) is 23.7 Å². The third-order valence-electron chi connectivity index (χ3n) is 3.43. The SMILES string of the molecule is CCC1COCCN1c1ccc(C(=O)O)cc1[N+](=O)[O-]. The molecule has 2 rings (SSSR count). The Morgan fingerprint density at radius 1 is 1.60 bits per heavy atom. The van der Waals surface area contributed by atoms with Gasteiger partial charge in [0, 0.05) is 12.6 Å². The number of hydrogen-bond acceptors (Lipinski definition) is 5. The predicted octanol–water partition coefficient (Wildman–Crippen LogP) is 1.91. The molecule has 1 atom stereocenters. The summed E-state index contributed by atoms with van der Waals surface area (Å²) in [5, 5.41) is 20.1. The highest BCUT2D eigenvalue weighted by Gasteiger charge is 2.28. The van der Waals surface area contributed by atoms with Crippen molar-refractivity contribution < 1.29 is 19.6 Å². The van der Waals surface area contributed by atoms with Gasteiger partial charge in [-0.15, -0.1) is 0 Å². The number of aromatic carboxylic acids is 1. The monoisotopic (exact) mass is 280 g/mol. The van der Waals surface area contributed by atoms with Crippen LogP contribution in [0.4, 0.5) is 11.4 Å². The molecule has 0 aliphatic carbocycles. The molecule has 1 unspecified atom stereocenters. The third kappa shape index (κ3) is 2.72. The van der Waals surface area contributed by atoms with Crippen LogP contribution < -0.4 is 4.90 Å². The van der Waals surface area contributed by atoms with E-state index in [1.807, 2.05) is 11.8 Å². The van der Waals surface area contributed by atoms with E-state index < -0.39 is 10.9 Å². The lowest BCUT2D eigenvalue weighted by atomic mass is 10.1. The summed E-state index contributed by atoms with van der Waals surface area (Å²) >= 11 is 0. The van der Waals surface area contributed by atoms with Gasteiger partial charge in [-0.3, -0.25) is 10.1 Å². The minimum atomic E-state index is -1.17.